The molecule has 0 aromatic heterocycles. The van der Waals surface area contributed by atoms with Gasteiger partial charge in [-0.1, -0.05) is 178 Å². The van der Waals surface area contributed by atoms with Gasteiger partial charge in [-0.05, 0) is 117 Å². The van der Waals surface area contributed by atoms with Gasteiger partial charge in [-0.2, -0.15) is 0 Å². The summed E-state index contributed by atoms with van der Waals surface area (Å²) in [4.78, 5) is 10.5. The van der Waals surface area contributed by atoms with E-state index in [0.29, 0.717) is 0 Å². The van der Waals surface area contributed by atoms with E-state index in [-0.39, 0.29) is 28.8 Å². The molecule has 1 N–H and O–H groups in total. The molecular weight excluding hydrogens is 727 g/mol. The second-order valence-corrected chi connectivity index (χ2v) is 18.6. The monoisotopic (exact) mass is 779 g/mol. The van der Waals surface area contributed by atoms with Crippen molar-refractivity contribution in [2.75, 3.05) is 0 Å². The molecule has 0 saturated heterocycles. The molecule has 5 aromatic carbocycles. The number of nitrogens with zero attached hydrogens (tertiary/aromatic N) is 2. The van der Waals surface area contributed by atoms with Crippen LogP contribution in [0.5, 0.6) is 0 Å². The first-order valence-electron chi connectivity index (χ1n) is 22.9. The molecule has 2 saturated carbocycles. The zero-order chi connectivity index (χ0) is 39.7. The molecule has 296 valence electrons. The number of amidine groups is 2. The van der Waals surface area contributed by atoms with Gasteiger partial charge in [0.1, 0.15) is 11.7 Å². The van der Waals surface area contributed by atoms with Gasteiger partial charge in [0.2, 0.25) is 0 Å². The molecule has 1 aliphatic heterocycles. The Morgan fingerprint density at radius 1 is 0.517 bits per heavy atom. The molecular formula is C57H53N3. The Hall–Kier alpha value is -5.80. The lowest BCUT2D eigenvalue weighted by Gasteiger charge is -2.38. The van der Waals surface area contributed by atoms with Gasteiger partial charge in [-0.3, -0.25) is 0 Å². The number of hydrogen-bond donors (Lipinski definition) is 1. The summed E-state index contributed by atoms with van der Waals surface area (Å²) in [6.45, 7) is 0. The van der Waals surface area contributed by atoms with Crippen molar-refractivity contribution >= 4 is 11.7 Å². The summed E-state index contributed by atoms with van der Waals surface area (Å²) in [6, 6.07) is 42.2. The highest BCUT2D eigenvalue weighted by Crippen LogP contribution is 2.63. The fourth-order valence-corrected chi connectivity index (χ4v) is 12.6. The number of allylic oxidation sites excluding steroid dienone is 6. The van der Waals surface area contributed by atoms with Crippen LogP contribution in [0, 0.1) is 5.92 Å². The maximum atomic E-state index is 5.30. The van der Waals surface area contributed by atoms with Crippen molar-refractivity contribution in [1.29, 1.82) is 0 Å². The van der Waals surface area contributed by atoms with E-state index in [9.17, 15) is 0 Å². The minimum atomic E-state index is -0.160. The molecule has 5 aromatic rings. The average Bonchev–Trinajstić information content (AvgIpc) is 3.74. The Kier molecular flexibility index (Phi) is 8.68. The molecule has 0 bridgehead atoms. The number of benzene rings is 5. The van der Waals surface area contributed by atoms with Gasteiger partial charge in [0.05, 0.1) is 0 Å². The highest BCUT2D eigenvalue weighted by molar-refractivity contribution is 6.16. The van der Waals surface area contributed by atoms with E-state index < -0.39 is 0 Å². The molecule has 3 unspecified atom stereocenters. The zero-order valence-corrected chi connectivity index (χ0v) is 34.5. The van der Waals surface area contributed by atoms with E-state index >= 15 is 0 Å². The van der Waals surface area contributed by atoms with Crippen molar-refractivity contribution in [3.63, 3.8) is 0 Å². The normalized spacial score (nSPS) is 23.9. The number of hydrogen-bond acceptors (Lipinski definition) is 3. The van der Waals surface area contributed by atoms with Gasteiger partial charge in [0, 0.05) is 28.2 Å². The maximum absolute atomic E-state index is 5.30. The predicted molar refractivity (Wildman–Crippen MR) is 249 cm³/mol. The summed E-state index contributed by atoms with van der Waals surface area (Å²) >= 11 is 0. The molecule has 2 spiro atoms. The van der Waals surface area contributed by atoms with E-state index in [0.717, 1.165) is 30.1 Å². The van der Waals surface area contributed by atoms with Crippen LogP contribution in [0.3, 0.4) is 0 Å². The van der Waals surface area contributed by atoms with Crippen molar-refractivity contribution in [2.45, 2.75) is 100.0 Å². The Morgan fingerprint density at radius 2 is 1.20 bits per heavy atom. The maximum Gasteiger partial charge on any atom is 0.150 e. The van der Waals surface area contributed by atoms with Crippen LogP contribution in [0.2, 0.25) is 0 Å². The summed E-state index contributed by atoms with van der Waals surface area (Å²) in [5, 5.41) is 3.68. The summed E-state index contributed by atoms with van der Waals surface area (Å²) in [6.07, 6.45) is 30.3. The zero-order valence-electron chi connectivity index (χ0n) is 34.5. The molecule has 7 aliphatic rings. The third-order valence-corrected chi connectivity index (χ3v) is 15.4. The minimum Gasteiger partial charge on any atom is -0.325 e. The highest BCUT2D eigenvalue weighted by Gasteiger charge is 2.49. The molecule has 0 amide bonds. The van der Waals surface area contributed by atoms with Crippen molar-refractivity contribution in [3.05, 3.63) is 191 Å². The summed E-state index contributed by atoms with van der Waals surface area (Å²) in [5.41, 5.74) is 19.1. The summed E-state index contributed by atoms with van der Waals surface area (Å²) < 4.78 is 0. The first kappa shape index (κ1) is 36.1. The van der Waals surface area contributed by atoms with Crippen LogP contribution in [-0.4, -0.2) is 17.8 Å². The van der Waals surface area contributed by atoms with Crippen molar-refractivity contribution < 1.29 is 0 Å². The van der Waals surface area contributed by atoms with Gasteiger partial charge in [0.25, 0.3) is 0 Å². The molecule has 1 heterocycles. The van der Waals surface area contributed by atoms with Gasteiger partial charge in [-0.15, -0.1) is 0 Å². The van der Waals surface area contributed by atoms with Crippen LogP contribution < -0.4 is 5.32 Å². The lowest BCUT2D eigenvalue weighted by atomic mass is 9.65. The van der Waals surface area contributed by atoms with Gasteiger partial charge < -0.3 is 5.32 Å². The van der Waals surface area contributed by atoms with Crippen LogP contribution >= 0.6 is 0 Å². The predicted octanol–water partition coefficient (Wildman–Crippen LogP) is 13.7. The van der Waals surface area contributed by atoms with Crippen LogP contribution in [0.4, 0.5) is 0 Å². The number of fused-ring (bicyclic) bond motifs is 10. The number of nitrogens with one attached hydrogen (secondary N) is 1. The smallest absolute Gasteiger partial charge is 0.150 e. The summed E-state index contributed by atoms with van der Waals surface area (Å²) in [5.74, 6) is 2.34. The second kappa shape index (κ2) is 14.4. The first-order valence-corrected chi connectivity index (χ1v) is 22.9. The summed E-state index contributed by atoms with van der Waals surface area (Å²) in [7, 11) is 0. The molecule has 3 atom stereocenters. The molecule has 12 rings (SSSR count). The largest absolute Gasteiger partial charge is 0.325 e. The van der Waals surface area contributed by atoms with E-state index in [1.54, 1.807) is 22.3 Å². The third kappa shape index (κ3) is 5.68. The van der Waals surface area contributed by atoms with Crippen LogP contribution in [0.15, 0.2) is 167 Å². The van der Waals surface area contributed by atoms with E-state index in [2.05, 4.69) is 157 Å². The Labute approximate surface area is 355 Å². The van der Waals surface area contributed by atoms with E-state index in [1.165, 1.54) is 109 Å². The molecule has 3 heteroatoms. The Morgan fingerprint density at radius 3 is 2.02 bits per heavy atom. The molecule has 2 fully saturated rings. The first-order chi connectivity index (χ1) is 29.7. The Balaban J connectivity index is 0.906. The van der Waals surface area contributed by atoms with Crippen molar-refractivity contribution in [1.82, 2.24) is 5.32 Å². The van der Waals surface area contributed by atoms with Crippen LogP contribution in [-0.2, 0) is 10.8 Å². The lowest BCUT2D eigenvalue weighted by molar-refractivity contribution is 0.350. The van der Waals surface area contributed by atoms with Crippen LogP contribution in [0.1, 0.15) is 116 Å². The third-order valence-electron chi connectivity index (χ3n) is 15.4. The molecule has 3 nitrogen and oxygen atoms in total. The van der Waals surface area contributed by atoms with Gasteiger partial charge >= 0.3 is 0 Å². The van der Waals surface area contributed by atoms with Crippen LogP contribution in [0.25, 0.3) is 33.4 Å². The number of rotatable bonds is 5. The standard InChI is InChI=1S/C57H53N3/c1-5-18-38(19-6-1)53-58-54(39-20-7-2-8-21-39)60-55(59-53)43-25-16-23-41(35-43)40-22-15-24-42(34-40)44-27-17-28-46-48-37-50-47(36-51(48)57(52(44)46)32-13-4-14-33-57)45-26-9-10-29-49(45)56(50)30-11-3-12-31-56/h1-2,5-10,15-20,22-29,34,36-37,39,41,54H,3-4,11-14,21,30-33,35H2,(H,58,59,60). The average molecular weight is 780 g/mol. The fourth-order valence-electron chi connectivity index (χ4n) is 12.6. The van der Waals surface area contributed by atoms with Gasteiger partial charge in [-0.25, -0.2) is 9.98 Å². The highest BCUT2D eigenvalue weighted by atomic mass is 15.2. The SMILES string of the molecule is C1=CCC(C2N=C(C3=CC=CC(c4cccc(-c5cccc6c5C5(CCCCC5)c5cc7c(cc5-6)C5(CCCCC5)c5ccccc5-7)c4)C3)NC(c3ccccc3)=N2)C=C1. The van der Waals surface area contributed by atoms with E-state index in [1.807, 2.05) is 0 Å². The molecule has 0 radical (unpaired) electrons. The topological polar surface area (TPSA) is 36.8 Å². The van der Waals surface area contributed by atoms with Gasteiger partial charge in [0.15, 0.2) is 6.17 Å². The van der Waals surface area contributed by atoms with E-state index in [4.69, 9.17) is 9.98 Å². The fraction of sp³-hybridized carbons (Fsp3) is 0.298. The second-order valence-electron chi connectivity index (χ2n) is 18.6. The lowest BCUT2D eigenvalue weighted by Crippen LogP contribution is -2.40. The quantitative estimate of drug-likeness (QED) is 0.189. The van der Waals surface area contributed by atoms with Crippen molar-refractivity contribution in [2.24, 2.45) is 15.9 Å². The minimum absolute atomic E-state index is 0.0467. The van der Waals surface area contributed by atoms with Crippen molar-refractivity contribution in [3.8, 4) is 33.4 Å². The molecule has 60 heavy (non-hydrogen) atoms. The Bertz CT molecular complexity index is 2710. The molecule has 6 aliphatic carbocycles. The number of aliphatic imine (C=N–C) groups is 2.